The summed E-state index contributed by atoms with van der Waals surface area (Å²) in [7, 11) is 3.17. The first kappa shape index (κ1) is 17.5. The highest BCUT2D eigenvalue weighted by Crippen LogP contribution is 2.30. The molecular formula is C17H22N4O3. The maximum absolute atomic E-state index is 12.1. The van der Waals surface area contributed by atoms with Gasteiger partial charge in [-0.1, -0.05) is 13.8 Å². The third-order valence-electron chi connectivity index (χ3n) is 3.24. The summed E-state index contributed by atoms with van der Waals surface area (Å²) in [5.74, 6) is 1.95. The van der Waals surface area contributed by atoms with Gasteiger partial charge in [0.2, 0.25) is 0 Å². The van der Waals surface area contributed by atoms with Crippen molar-refractivity contribution in [3.8, 4) is 11.5 Å². The van der Waals surface area contributed by atoms with Crippen molar-refractivity contribution < 1.29 is 14.3 Å². The molecule has 1 aromatic heterocycles. The average molecular weight is 330 g/mol. The molecule has 0 spiro atoms. The lowest BCUT2D eigenvalue weighted by molar-refractivity contribution is 0.0944. The number of anilines is 2. The molecule has 1 amide bonds. The summed E-state index contributed by atoms with van der Waals surface area (Å²) in [6, 6.07) is 6.97. The second-order valence-electron chi connectivity index (χ2n) is 5.58. The number of methoxy groups -OCH3 is 2. The molecular weight excluding hydrogens is 308 g/mol. The Morgan fingerprint density at radius 3 is 2.62 bits per heavy atom. The van der Waals surface area contributed by atoms with E-state index in [1.807, 2.05) is 13.8 Å². The minimum atomic E-state index is -0.230. The number of ether oxygens (including phenoxy) is 2. The molecule has 0 bridgehead atoms. The summed E-state index contributed by atoms with van der Waals surface area (Å²) in [5.41, 5.74) is 0.985. The first-order valence-electron chi connectivity index (χ1n) is 7.62. The molecule has 0 aliphatic carbocycles. The van der Waals surface area contributed by atoms with Crippen LogP contribution in [0, 0.1) is 5.92 Å². The van der Waals surface area contributed by atoms with Crippen LogP contribution in [0.3, 0.4) is 0 Å². The van der Waals surface area contributed by atoms with Crippen LogP contribution in [0.25, 0.3) is 0 Å². The van der Waals surface area contributed by atoms with Gasteiger partial charge in [-0.3, -0.25) is 4.79 Å². The number of amides is 1. The van der Waals surface area contributed by atoms with Crippen molar-refractivity contribution in [3.63, 3.8) is 0 Å². The van der Waals surface area contributed by atoms with Crippen molar-refractivity contribution in [2.45, 2.75) is 13.8 Å². The summed E-state index contributed by atoms with van der Waals surface area (Å²) in [5, 5.41) is 5.95. The third kappa shape index (κ3) is 4.58. The maximum atomic E-state index is 12.1. The standard InChI is InChI=1S/C17H22N4O3/c1-11(2)9-18-17(22)14-8-16(20-10-19-14)21-13-7-12(23-3)5-6-15(13)24-4/h5-8,10-11H,9H2,1-4H3,(H,18,22)(H,19,20,21). The number of nitrogens with one attached hydrogen (secondary N) is 2. The highest BCUT2D eigenvalue weighted by molar-refractivity contribution is 5.93. The van der Waals surface area contributed by atoms with Crippen LogP contribution in [-0.2, 0) is 0 Å². The second kappa shape index (κ2) is 8.14. The molecule has 0 aliphatic rings. The van der Waals surface area contributed by atoms with Gasteiger partial charge in [-0.05, 0) is 18.1 Å². The predicted molar refractivity (Wildman–Crippen MR) is 92.0 cm³/mol. The molecule has 24 heavy (non-hydrogen) atoms. The van der Waals surface area contributed by atoms with Crippen molar-refractivity contribution in [2.75, 3.05) is 26.1 Å². The van der Waals surface area contributed by atoms with Gasteiger partial charge in [0.1, 0.15) is 29.3 Å². The highest BCUT2D eigenvalue weighted by Gasteiger charge is 2.11. The minimum absolute atomic E-state index is 0.230. The van der Waals surface area contributed by atoms with Crippen LogP contribution in [0.5, 0.6) is 11.5 Å². The zero-order valence-electron chi connectivity index (χ0n) is 14.3. The van der Waals surface area contributed by atoms with Crippen LogP contribution >= 0.6 is 0 Å². The predicted octanol–water partition coefficient (Wildman–Crippen LogP) is 2.62. The SMILES string of the molecule is COc1ccc(OC)c(Nc2cc(C(=O)NCC(C)C)ncn2)c1. The van der Waals surface area contributed by atoms with Crippen LogP contribution in [0.4, 0.5) is 11.5 Å². The van der Waals surface area contributed by atoms with Crippen molar-refractivity contribution in [1.29, 1.82) is 0 Å². The Bertz CT molecular complexity index is 704. The number of carbonyl (C=O) groups excluding carboxylic acids is 1. The lowest BCUT2D eigenvalue weighted by Gasteiger charge is -2.12. The Hall–Kier alpha value is -2.83. The third-order valence-corrected chi connectivity index (χ3v) is 3.24. The molecule has 0 fully saturated rings. The van der Waals surface area contributed by atoms with Crippen molar-refractivity contribution in [1.82, 2.24) is 15.3 Å². The summed E-state index contributed by atoms with van der Waals surface area (Å²) < 4.78 is 10.5. The van der Waals surface area contributed by atoms with Gasteiger partial charge >= 0.3 is 0 Å². The molecule has 2 rings (SSSR count). The van der Waals surface area contributed by atoms with Gasteiger partial charge in [0.25, 0.3) is 5.91 Å². The van der Waals surface area contributed by atoms with Gasteiger partial charge in [-0.2, -0.15) is 0 Å². The topological polar surface area (TPSA) is 85.4 Å². The zero-order chi connectivity index (χ0) is 17.5. The van der Waals surface area contributed by atoms with E-state index < -0.39 is 0 Å². The molecule has 0 saturated carbocycles. The van der Waals surface area contributed by atoms with Gasteiger partial charge in [0, 0.05) is 18.7 Å². The van der Waals surface area contributed by atoms with Crippen LogP contribution in [0.1, 0.15) is 24.3 Å². The molecule has 7 heteroatoms. The summed E-state index contributed by atoms with van der Waals surface area (Å²) in [6.45, 7) is 4.65. The van der Waals surface area contributed by atoms with E-state index in [0.29, 0.717) is 41.2 Å². The molecule has 0 radical (unpaired) electrons. The summed E-state index contributed by atoms with van der Waals surface area (Å²) >= 11 is 0. The Morgan fingerprint density at radius 1 is 1.17 bits per heavy atom. The Morgan fingerprint density at radius 2 is 1.96 bits per heavy atom. The monoisotopic (exact) mass is 330 g/mol. The highest BCUT2D eigenvalue weighted by atomic mass is 16.5. The van der Waals surface area contributed by atoms with Crippen LogP contribution in [0.15, 0.2) is 30.6 Å². The Kier molecular flexibility index (Phi) is 5.95. The molecule has 128 valence electrons. The molecule has 2 N–H and O–H groups in total. The fraction of sp³-hybridized carbons (Fsp3) is 0.353. The molecule has 1 heterocycles. The number of carbonyl (C=O) groups is 1. The minimum Gasteiger partial charge on any atom is -0.497 e. The number of rotatable bonds is 7. The van der Waals surface area contributed by atoms with E-state index in [1.165, 1.54) is 6.33 Å². The number of hydrogen-bond acceptors (Lipinski definition) is 6. The summed E-state index contributed by atoms with van der Waals surface area (Å²) in [4.78, 5) is 20.3. The quantitative estimate of drug-likeness (QED) is 0.812. The van der Waals surface area contributed by atoms with Crippen LogP contribution < -0.4 is 20.1 Å². The Balaban J connectivity index is 2.19. The molecule has 7 nitrogen and oxygen atoms in total. The number of hydrogen-bond donors (Lipinski definition) is 2. The van der Waals surface area contributed by atoms with Crippen LogP contribution in [-0.4, -0.2) is 36.6 Å². The average Bonchev–Trinajstić information content (AvgIpc) is 2.59. The van der Waals surface area contributed by atoms with E-state index >= 15 is 0 Å². The molecule has 0 unspecified atom stereocenters. The van der Waals surface area contributed by atoms with Crippen molar-refractivity contribution >= 4 is 17.4 Å². The maximum Gasteiger partial charge on any atom is 0.270 e. The fourth-order valence-corrected chi connectivity index (χ4v) is 1.99. The van der Waals surface area contributed by atoms with Crippen molar-refractivity contribution in [3.05, 3.63) is 36.3 Å². The lowest BCUT2D eigenvalue weighted by atomic mass is 10.2. The van der Waals surface area contributed by atoms with E-state index in [-0.39, 0.29) is 5.91 Å². The molecule has 0 atom stereocenters. The first-order valence-corrected chi connectivity index (χ1v) is 7.62. The fourth-order valence-electron chi connectivity index (χ4n) is 1.99. The molecule has 2 aromatic rings. The van der Waals surface area contributed by atoms with Crippen molar-refractivity contribution in [2.24, 2.45) is 5.92 Å². The van der Waals surface area contributed by atoms with E-state index in [1.54, 1.807) is 38.5 Å². The molecule has 0 saturated heterocycles. The number of aromatic nitrogens is 2. The van der Waals surface area contributed by atoms with E-state index in [2.05, 4.69) is 20.6 Å². The second-order valence-corrected chi connectivity index (χ2v) is 5.58. The van der Waals surface area contributed by atoms with Gasteiger partial charge in [0.05, 0.1) is 19.9 Å². The van der Waals surface area contributed by atoms with E-state index in [4.69, 9.17) is 9.47 Å². The van der Waals surface area contributed by atoms with Gasteiger partial charge in [0.15, 0.2) is 0 Å². The van der Waals surface area contributed by atoms with Gasteiger partial charge < -0.3 is 20.1 Å². The largest absolute Gasteiger partial charge is 0.497 e. The van der Waals surface area contributed by atoms with E-state index in [0.717, 1.165) is 0 Å². The summed E-state index contributed by atoms with van der Waals surface area (Å²) in [6.07, 6.45) is 1.35. The smallest absolute Gasteiger partial charge is 0.270 e. The normalized spacial score (nSPS) is 10.4. The number of benzene rings is 1. The van der Waals surface area contributed by atoms with Gasteiger partial charge in [-0.15, -0.1) is 0 Å². The zero-order valence-corrected chi connectivity index (χ0v) is 14.3. The molecule has 1 aromatic carbocycles. The molecule has 0 aliphatic heterocycles. The first-order chi connectivity index (χ1) is 11.5. The van der Waals surface area contributed by atoms with Crippen LogP contribution in [0.2, 0.25) is 0 Å². The van der Waals surface area contributed by atoms with Gasteiger partial charge in [-0.25, -0.2) is 9.97 Å². The Labute approximate surface area is 141 Å². The van der Waals surface area contributed by atoms with E-state index in [9.17, 15) is 4.79 Å². The lowest BCUT2D eigenvalue weighted by Crippen LogP contribution is -2.28. The number of nitrogens with zero attached hydrogens (tertiary/aromatic N) is 2.